The standard InChI is InChI=1S/C18H23N3O3S/c1-20(16-7-5-4-6-8-16)14-13-19-18(22)15-9-11-17(12-10-15)21(2)25(3,23)24/h4-12H,13-14H2,1-3H3,(H,19,22). The Bertz CT molecular complexity index is 805. The highest BCUT2D eigenvalue weighted by Crippen LogP contribution is 2.16. The number of likely N-dealkylation sites (N-methyl/N-ethyl adjacent to an activating group) is 1. The van der Waals surface area contributed by atoms with Crippen LogP contribution in [0.2, 0.25) is 0 Å². The summed E-state index contributed by atoms with van der Waals surface area (Å²) >= 11 is 0. The molecule has 0 bridgehead atoms. The van der Waals surface area contributed by atoms with Crippen LogP contribution >= 0.6 is 0 Å². The quantitative estimate of drug-likeness (QED) is 0.818. The van der Waals surface area contributed by atoms with Crippen LogP contribution in [0.1, 0.15) is 10.4 Å². The average Bonchev–Trinajstić information content (AvgIpc) is 2.61. The van der Waals surface area contributed by atoms with E-state index in [-0.39, 0.29) is 5.91 Å². The van der Waals surface area contributed by atoms with Gasteiger partial charge in [-0.1, -0.05) is 18.2 Å². The minimum Gasteiger partial charge on any atom is -0.373 e. The predicted molar refractivity (Wildman–Crippen MR) is 102 cm³/mol. The summed E-state index contributed by atoms with van der Waals surface area (Å²) in [7, 11) is 0.134. The van der Waals surface area contributed by atoms with Gasteiger partial charge in [0.25, 0.3) is 5.91 Å². The maximum Gasteiger partial charge on any atom is 0.251 e. The fourth-order valence-corrected chi connectivity index (χ4v) is 2.77. The normalized spacial score (nSPS) is 11.0. The molecule has 0 aromatic heterocycles. The van der Waals surface area contributed by atoms with Crippen molar-refractivity contribution in [1.82, 2.24) is 5.32 Å². The number of hydrogen-bond donors (Lipinski definition) is 1. The zero-order valence-corrected chi connectivity index (χ0v) is 15.5. The van der Waals surface area contributed by atoms with E-state index in [9.17, 15) is 13.2 Å². The number of nitrogens with zero attached hydrogens (tertiary/aromatic N) is 2. The number of hydrogen-bond acceptors (Lipinski definition) is 4. The van der Waals surface area contributed by atoms with E-state index < -0.39 is 10.0 Å². The molecule has 0 radical (unpaired) electrons. The van der Waals surface area contributed by atoms with Crippen LogP contribution in [-0.2, 0) is 10.0 Å². The molecular weight excluding hydrogens is 338 g/mol. The Hall–Kier alpha value is -2.54. The molecule has 2 rings (SSSR count). The highest BCUT2D eigenvalue weighted by molar-refractivity contribution is 7.92. The summed E-state index contributed by atoms with van der Waals surface area (Å²) in [4.78, 5) is 14.2. The summed E-state index contributed by atoms with van der Waals surface area (Å²) in [5.74, 6) is -0.185. The molecule has 2 aromatic rings. The molecule has 7 heteroatoms. The topological polar surface area (TPSA) is 69.7 Å². The van der Waals surface area contributed by atoms with Gasteiger partial charge in [-0.25, -0.2) is 8.42 Å². The van der Waals surface area contributed by atoms with Gasteiger partial charge in [0.2, 0.25) is 10.0 Å². The maximum absolute atomic E-state index is 12.2. The fourth-order valence-electron chi connectivity index (χ4n) is 2.26. The number of amides is 1. The first-order valence-corrected chi connectivity index (χ1v) is 9.72. The third-order valence-electron chi connectivity index (χ3n) is 3.92. The van der Waals surface area contributed by atoms with Gasteiger partial charge >= 0.3 is 0 Å². The van der Waals surface area contributed by atoms with E-state index in [1.54, 1.807) is 24.3 Å². The van der Waals surface area contributed by atoms with Gasteiger partial charge in [0, 0.05) is 38.4 Å². The number of nitrogens with one attached hydrogen (secondary N) is 1. The number of para-hydroxylation sites is 1. The lowest BCUT2D eigenvalue weighted by Crippen LogP contribution is -2.33. The summed E-state index contributed by atoms with van der Waals surface area (Å²) in [6, 6.07) is 16.4. The number of benzene rings is 2. The summed E-state index contributed by atoms with van der Waals surface area (Å²) in [5.41, 5.74) is 2.10. The molecule has 0 saturated carbocycles. The van der Waals surface area contributed by atoms with Crippen molar-refractivity contribution >= 4 is 27.3 Å². The molecule has 0 aliphatic carbocycles. The number of rotatable bonds is 7. The molecule has 0 spiro atoms. The Morgan fingerprint density at radius 1 is 0.960 bits per heavy atom. The predicted octanol–water partition coefficient (Wildman–Crippen LogP) is 1.95. The Morgan fingerprint density at radius 3 is 2.12 bits per heavy atom. The second-order valence-electron chi connectivity index (χ2n) is 5.79. The summed E-state index contributed by atoms with van der Waals surface area (Å²) in [5, 5.41) is 2.87. The fraction of sp³-hybridized carbons (Fsp3) is 0.278. The van der Waals surface area contributed by atoms with Crippen molar-refractivity contribution in [3.8, 4) is 0 Å². The van der Waals surface area contributed by atoms with Crippen LogP contribution in [0.5, 0.6) is 0 Å². The van der Waals surface area contributed by atoms with Crippen LogP contribution in [-0.4, -0.2) is 47.8 Å². The lowest BCUT2D eigenvalue weighted by Gasteiger charge is -2.19. The SMILES string of the molecule is CN(CCNC(=O)c1ccc(N(C)S(C)(=O)=O)cc1)c1ccccc1. The average molecular weight is 361 g/mol. The van der Waals surface area contributed by atoms with Gasteiger partial charge in [-0.3, -0.25) is 9.10 Å². The zero-order valence-electron chi connectivity index (χ0n) is 14.6. The minimum atomic E-state index is -3.31. The molecule has 1 amide bonds. The third kappa shape index (κ3) is 5.22. The van der Waals surface area contributed by atoms with Crippen molar-refractivity contribution < 1.29 is 13.2 Å². The van der Waals surface area contributed by atoms with Gasteiger partial charge in [-0.2, -0.15) is 0 Å². The molecule has 0 atom stereocenters. The Morgan fingerprint density at radius 2 is 1.56 bits per heavy atom. The van der Waals surface area contributed by atoms with Gasteiger partial charge in [-0.15, -0.1) is 0 Å². The first-order chi connectivity index (χ1) is 11.8. The summed E-state index contributed by atoms with van der Waals surface area (Å²) < 4.78 is 24.2. The van der Waals surface area contributed by atoms with E-state index in [1.165, 1.54) is 11.4 Å². The van der Waals surface area contributed by atoms with Crippen LogP contribution in [0.4, 0.5) is 11.4 Å². The van der Waals surface area contributed by atoms with Crippen LogP contribution in [0.25, 0.3) is 0 Å². The molecule has 2 aromatic carbocycles. The van der Waals surface area contributed by atoms with Crippen LogP contribution < -0.4 is 14.5 Å². The lowest BCUT2D eigenvalue weighted by molar-refractivity contribution is 0.0954. The zero-order chi connectivity index (χ0) is 18.4. The van der Waals surface area contributed by atoms with Crippen LogP contribution in [0.15, 0.2) is 54.6 Å². The maximum atomic E-state index is 12.2. The second kappa shape index (κ2) is 8.02. The molecule has 0 saturated heterocycles. The van der Waals surface area contributed by atoms with E-state index >= 15 is 0 Å². The third-order valence-corrected chi connectivity index (χ3v) is 5.13. The van der Waals surface area contributed by atoms with Gasteiger partial charge in [0.15, 0.2) is 0 Å². The van der Waals surface area contributed by atoms with Crippen molar-refractivity contribution in [3.05, 3.63) is 60.2 Å². The Balaban J connectivity index is 1.89. The molecule has 1 N–H and O–H groups in total. The number of anilines is 2. The molecule has 0 unspecified atom stereocenters. The molecular formula is C18H23N3O3S. The highest BCUT2D eigenvalue weighted by atomic mass is 32.2. The lowest BCUT2D eigenvalue weighted by atomic mass is 10.2. The van der Waals surface area contributed by atoms with Crippen molar-refractivity contribution in [2.24, 2.45) is 0 Å². The molecule has 0 fully saturated rings. The van der Waals surface area contributed by atoms with E-state index in [2.05, 4.69) is 10.2 Å². The monoisotopic (exact) mass is 361 g/mol. The molecule has 0 aliphatic rings. The smallest absolute Gasteiger partial charge is 0.251 e. The van der Waals surface area contributed by atoms with Gasteiger partial charge in [0.1, 0.15) is 0 Å². The largest absolute Gasteiger partial charge is 0.373 e. The van der Waals surface area contributed by atoms with E-state index in [1.807, 2.05) is 37.4 Å². The molecule has 0 aliphatic heterocycles. The first-order valence-electron chi connectivity index (χ1n) is 7.87. The molecule has 25 heavy (non-hydrogen) atoms. The first kappa shape index (κ1) is 18.8. The Kier molecular flexibility index (Phi) is 6.03. The number of carbonyl (C=O) groups is 1. The second-order valence-corrected chi connectivity index (χ2v) is 7.80. The van der Waals surface area contributed by atoms with Crippen LogP contribution in [0.3, 0.4) is 0 Å². The van der Waals surface area contributed by atoms with Gasteiger partial charge in [-0.05, 0) is 36.4 Å². The molecule has 6 nitrogen and oxygen atoms in total. The molecule has 134 valence electrons. The summed E-state index contributed by atoms with van der Waals surface area (Å²) in [6.45, 7) is 1.19. The number of carbonyl (C=O) groups excluding carboxylic acids is 1. The Labute approximate surface area is 149 Å². The van der Waals surface area contributed by atoms with Crippen LogP contribution in [0, 0.1) is 0 Å². The van der Waals surface area contributed by atoms with Crippen molar-refractivity contribution in [2.45, 2.75) is 0 Å². The van der Waals surface area contributed by atoms with E-state index in [0.717, 1.165) is 11.9 Å². The van der Waals surface area contributed by atoms with Crippen molar-refractivity contribution in [3.63, 3.8) is 0 Å². The van der Waals surface area contributed by atoms with E-state index in [0.29, 0.717) is 24.3 Å². The van der Waals surface area contributed by atoms with Crippen molar-refractivity contribution in [2.75, 3.05) is 42.6 Å². The van der Waals surface area contributed by atoms with Gasteiger partial charge in [0.05, 0.1) is 11.9 Å². The van der Waals surface area contributed by atoms with Crippen molar-refractivity contribution in [1.29, 1.82) is 0 Å². The van der Waals surface area contributed by atoms with Gasteiger partial charge < -0.3 is 10.2 Å². The number of sulfonamides is 1. The van der Waals surface area contributed by atoms with E-state index in [4.69, 9.17) is 0 Å². The summed E-state index contributed by atoms with van der Waals surface area (Å²) in [6.07, 6.45) is 1.14. The minimum absolute atomic E-state index is 0.185. The highest BCUT2D eigenvalue weighted by Gasteiger charge is 2.12. The molecule has 0 heterocycles.